The van der Waals surface area contributed by atoms with E-state index in [1.165, 1.54) is 39.7 Å². The van der Waals surface area contributed by atoms with Gasteiger partial charge in [0.2, 0.25) is 5.75 Å². The number of nitrogens with zero attached hydrogens (tertiary/aromatic N) is 1. The Balaban J connectivity index is 1.72. The minimum Gasteiger partial charge on any atom is -0.494 e. The Hall–Kier alpha value is -4.73. The molecule has 0 saturated carbocycles. The number of nitrogens with one attached hydrogen (secondary N) is 1. The van der Waals surface area contributed by atoms with Gasteiger partial charge in [-0.15, -0.1) is 0 Å². The maximum Gasteiger partial charge on any atom is 0.343 e. The molecule has 3 aromatic rings. The van der Waals surface area contributed by atoms with Crippen LogP contribution in [0.15, 0.2) is 59.7 Å². The van der Waals surface area contributed by atoms with E-state index in [-0.39, 0.29) is 11.3 Å². The van der Waals surface area contributed by atoms with Gasteiger partial charge in [0.25, 0.3) is 5.91 Å². The summed E-state index contributed by atoms with van der Waals surface area (Å²) in [7, 11) is 4.41. The topological polar surface area (TPSA) is 114 Å². The molecule has 0 atom stereocenters. The first kappa shape index (κ1) is 27.9. The van der Waals surface area contributed by atoms with Gasteiger partial charge in [-0.2, -0.15) is 5.10 Å². The molecule has 0 fully saturated rings. The Kier molecular flexibility index (Phi) is 9.93. The summed E-state index contributed by atoms with van der Waals surface area (Å²) < 4.78 is 32.4. The van der Waals surface area contributed by atoms with Crippen molar-refractivity contribution >= 4 is 18.1 Å². The third-order valence-electron chi connectivity index (χ3n) is 5.18. The lowest BCUT2D eigenvalue weighted by Gasteiger charge is -2.13. The molecule has 10 heteroatoms. The number of hydrazone groups is 1. The van der Waals surface area contributed by atoms with Gasteiger partial charge in [0.1, 0.15) is 5.75 Å². The van der Waals surface area contributed by atoms with Crippen LogP contribution < -0.4 is 33.8 Å². The van der Waals surface area contributed by atoms with E-state index in [0.717, 1.165) is 0 Å². The monoisotopic (exact) mass is 522 g/mol. The zero-order valence-electron chi connectivity index (χ0n) is 21.9. The van der Waals surface area contributed by atoms with Crippen LogP contribution in [0, 0.1) is 0 Å². The van der Waals surface area contributed by atoms with Crippen molar-refractivity contribution in [1.82, 2.24) is 5.43 Å². The fourth-order valence-corrected chi connectivity index (χ4v) is 3.41. The number of ether oxygens (including phenoxy) is 6. The Bertz CT molecular complexity index is 1260. The first-order valence-electron chi connectivity index (χ1n) is 11.8. The molecule has 38 heavy (non-hydrogen) atoms. The van der Waals surface area contributed by atoms with Gasteiger partial charge in [0.15, 0.2) is 23.0 Å². The summed E-state index contributed by atoms with van der Waals surface area (Å²) in [5.74, 6) is 1.33. The highest BCUT2D eigenvalue weighted by Gasteiger charge is 2.17. The quantitative estimate of drug-likeness (QED) is 0.160. The predicted octanol–water partition coefficient (Wildman–Crippen LogP) is 4.49. The molecule has 0 radical (unpaired) electrons. The average Bonchev–Trinajstić information content (AvgIpc) is 2.94. The number of methoxy groups -OCH3 is 3. The van der Waals surface area contributed by atoms with Crippen LogP contribution in [-0.4, -0.2) is 52.6 Å². The van der Waals surface area contributed by atoms with Gasteiger partial charge >= 0.3 is 5.97 Å². The van der Waals surface area contributed by atoms with Gasteiger partial charge in [0, 0.05) is 5.56 Å². The molecule has 0 heterocycles. The van der Waals surface area contributed by atoms with Crippen LogP contribution in [0.25, 0.3) is 0 Å². The third-order valence-corrected chi connectivity index (χ3v) is 5.18. The van der Waals surface area contributed by atoms with Gasteiger partial charge in [-0.25, -0.2) is 10.2 Å². The van der Waals surface area contributed by atoms with Crippen LogP contribution in [-0.2, 0) is 0 Å². The van der Waals surface area contributed by atoms with Crippen LogP contribution in [0.3, 0.4) is 0 Å². The number of amides is 1. The van der Waals surface area contributed by atoms with Crippen molar-refractivity contribution in [3.8, 4) is 34.5 Å². The van der Waals surface area contributed by atoms with Crippen molar-refractivity contribution in [1.29, 1.82) is 0 Å². The molecule has 0 saturated heterocycles. The molecular formula is C28H30N2O8. The van der Waals surface area contributed by atoms with Gasteiger partial charge in [-0.3, -0.25) is 4.79 Å². The lowest BCUT2D eigenvalue weighted by Crippen LogP contribution is -2.18. The first-order valence-corrected chi connectivity index (χ1v) is 11.8. The molecule has 1 amide bonds. The molecular weight excluding hydrogens is 492 g/mol. The van der Waals surface area contributed by atoms with E-state index in [4.69, 9.17) is 28.4 Å². The zero-order valence-corrected chi connectivity index (χ0v) is 21.9. The molecule has 0 aliphatic carbocycles. The smallest absolute Gasteiger partial charge is 0.343 e. The van der Waals surface area contributed by atoms with Crippen LogP contribution >= 0.6 is 0 Å². The molecule has 0 aliphatic rings. The minimum absolute atomic E-state index is 0.254. The molecule has 3 aromatic carbocycles. The number of rotatable bonds is 12. The third kappa shape index (κ3) is 6.94. The van der Waals surface area contributed by atoms with Gasteiger partial charge in [-0.1, -0.05) is 0 Å². The van der Waals surface area contributed by atoms with E-state index >= 15 is 0 Å². The van der Waals surface area contributed by atoms with Crippen molar-refractivity contribution in [3.63, 3.8) is 0 Å². The summed E-state index contributed by atoms with van der Waals surface area (Å²) in [5, 5.41) is 4.02. The van der Waals surface area contributed by atoms with E-state index < -0.39 is 11.9 Å². The number of carbonyl (C=O) groups is 2. The Morgan fingerprint density at radius 1 is 0.763 bits per heavy atom. The lowest BCUT2D eigenvalue weighted by molar-refractivity contribution is 0.0728. The highest BCUT2D eigenvalue weighted by Crippen LogP contribution is 2.38. The highest BCUT2D eigenvalue weighted by atomic mass is 16.6. The van der Waals surface area contributed by atoms with Gasteiger partial charge in [-0.05, 0) is 74.0 Å². The number of carbonyl (C=O) groups excluding carboxylic acids is 2. The van der Waals surface area contributed by atoms with Crippen LogP contribution in [0.2, 0.25) is 0 Å². The zero-order chi connectivity index (χ0) is 27.5. The summed E-state index contributed by atoms with van der Waals surface area (Å²) in [5.41, 5.74) is 3.71. The number of hydrogen-bond donors (Lipinski definition) is 1. The molecule has 10 nitrogen and oxygen atoms in total. The standard InChI is InChI=1S/C28H30N2O8/c1-6-36-21-11-9-19(10-12-21)28(32)38-22-13-8-18(14-23(22)37-7-2)17-29-30-27(31)20-15-24(33-3)26(35-5)25(16-20)34-4/h8-17H,6-7H2,1-5H3,(H,30,31)/b29-17+. The van der Waals surface area contributed by atoms with E-state index in [0.29, 0.717) is 53.1 Å². The van der Waals surface area contributed by atoms with E-state index in [1.54, 1.807) is 42.5 Å². The molecule has 200 valence electrons. The Morgan fingerprint density at radius 3 is 2.00 bits per heavy atom. The van der Waals surface area contributed by atoms with E-state index in [2.05, 4.69) is 10.5 Å². The van der Waals surface area contributed by atoms with Crippen molar-refractivity contribution in [3.05, 3.63) is 71.3 Å². The molecule has 0 aromatic heterocycles. The Morgan fingerprint density at radius 2 is 1.42 bits per heavy atom. The number of benzene rings is 3. The maximum atomic E-state index is 12.6. The largest absolute Gasteiger partial charge is 0.494 e. The Labute approximate surface area is 221 Å². The second kappa shape index (κ2) is 13.5. The van der Waals surface area contributed by atoms with Crippen molar-refractivity contribution in [2.45, 2.75) is 13.8 Å². The normalized spacial score (nSPS) is 10.6. The lowest BCUT2D eigenvalue weighted by atomic mass is 10.1. The summed E-state index contributed by atoms with van der Waals surface area (Å²) in [6.45, 7) is 4.59. The van der Waals surface area contributed by atoms with Crippen molar-refractivity contribution in [2.24, 2.45) is 5.10 Å². The molecule has 0 unspecified atom stereocenters. The summed E-state index contributed by atoms with van der Waals surface area (Å²) >= 11 is 0. The minimum atomic E-state index is -0.534. The SMILES string of the molecule is CCOc1ccc(C(=O)Oc2ccc(/C=N/NC(=O)c3cc(OC)c(OC)c(OC)c3)cc2OCC)cc1. The van der Waals surface area contributed by atoms with Gasteiger partial charge in [0.05, 0.1) is 46.3 Å². The van der Waals surface area contributed by atoms with Gasteiger partial charge < -0.3 is 28.4 Å². The van der Waals surface area contributed by atoms with Crippen molar-refractivity contribution < 1.29 is 38.0 Å². The second-order valence-electron chi connectivity index (χ2n) is 7.60. The van der Waals surface area contributed by atoms with Crippen LogP contribution in [0.1, 0.15) is 40.1 Å². The fraction of sp³-hybridized carbons (Fsp3) is 0.250. The van der Waals surface area contributed by atoms with Crippen LogP contribution in [0.4, 0.5) is 0 Å². The van der Waals surface area contributed by atoms with E-state index in [1.807, 2.05) is 13.8 Å². The highest BCUT2D eigenvalue weighted by molar-refractivity contribution is 5.96. The summed E-state index contributed by atoms with van der Waals surface area (Å²) in [6, 6.07) is 14.6. The number of esters is 1. The molecule has 0 bridgehead atoms. The molecule has 0 aliphatic heterocycles. The first-order chi connectivity index (χ1) is 18.4. The maximum absolute atomic E-state index is 12.6. The molecule has 3 rings (SSSR count). The fourth-order valence-electron chi connectivity index (χ4n) is 3.41. The van der Waals surface area contributed by atoms with Crippen molar-refractivity contribution in [2.75, 3.05) is 34.5 Å². The summed E-state index contributed by atoms with van der Waals surface area (Å²) in [4.78, 5) is 25.3. The molecule has 0 spiro atoms. The average molecular weight is 523 g/mol. The van der Waals surface area contributed by atoms with Crippen LogP contribution in [0.5, 0.6) is 34.5 Å². The summed E-state index contributed by atoms with van der Waals surface area (Å²) in [6.07, 6.45) is 1.44. The van der Waals surface area contributed by atoms with E-state index in [9.17, 15) is 9.59 Å². The predicted molar refractivity (Wildman–Crippen MR) is 141 cm³/mol. The number of hydrogen-bond acceptors (Lipinski definition) is 9. The second-order valence-corrected chi connectivity index (χ2v) is 7.60. The molecule has 1 N–H and O–H groups in total.